The van der Waals surface area contributed by atoms with Gasteiger partial charge in [-0.1, -0.05) is 0 Å². The van der Waals surface area contributed by atoms with Crippen LogP contribution in [0.4, 0.5) is 5.82 Å². The van der Waals surface area contributed by atoms with Crippen LogP contribution in [0.5, 0.6) is 0 Å². The lowest BCUT2D eigenvalue weighted by atomic mass is 10.7. The number of nitrogens with one attached hydrogen (secondary N) is 1. The zero-order chi connectivity index (χ0) is 11.8. The molecule has 16 heavy (non-hydrogen) atoms. The molecule has 5 nitrogen and oxygen atoms in total. The second-order valence-corrected chi connectivity index (χ2v) is 7.38. The lowest BCUT2D eigenvalue weighted by Crippen LogP contribution is -2.14. The van der Waals surface area contributed by atoms with Crippen LogP contribution < -0.4 is 4.72 Å². The monoisotopic (exact) mass is 321 g/mol. The van der Waals surface area contributed by atoms with Gasteiger partial charge in [0.2, 0.25) is 0 Å². The predicted octanol–water partition coefficient (Wildman–Crippen LogP) is 2.04. The van der Waals surface area contributed by atoms with Gasteiger partial charge in [-0.2, -0.15) is 5.10 Å². The molecule has 0 unspecified atom stereocenters. The average molecular weight is 322 g/mol. The number of sulfonamides is 1. The van der Waals surface area contributed by atoms with Crippen molar-refractivity contribution in [3.05, 3.63) is 28.2 Å². The third kappa shape index (κ3) is 2.28. The van der Waals surface area contributed by atoms with Crippen molar-refractivity contribution in [1.29, 1.82) is 0 Å². The van der Waals surface area contributed by atoms with Crippen molar-refractivity contribution in [2.24, 2.45) is 7.05 Å². The number of anilines is 1. The third-order valence-electron chi connectivity index (χ3n) is 1.87. The van der Waals surface area contributed by atoms with E-state index in [0.717, 1.165) is 15.1 Å². The van der Waals surface area contributed by atoms with E-state index in [1.54, 1.807) is 25.2 Å². The van der Waals surface area contributed by atoms with Gasteiger partial charge in [-0.15, -0.1) is 11.3 Å². The summed E-state index contributed by atoms with van der Waals surface area (Å²) in [5.74, 6) is 0.435. The van der Waals surface area contributed by atoms with Gasteiger partial charge in [0.25, 0.3) is 10.0 Å². The number of halogens is 1. The molecule has 0 aliphatic rings. The normalized spacial score (nSPS) is 11.6. The highest BCUT2D eigenvalue weighted by molar-refractivity contribution is 9.11. The van der Waals surface area contributed by atoms with E-state index in [9.17, 15) is 8.42 Å². The van der Waals surface area contributed by atoms with Gasteiger partial charge in [0.1, 0.15) is 10.0 Å². The molecule has 86 valence electrons. The molecule has 0 aliphatic heterocycles. The highest BCUT2D eigenvalue weighted by Crippen LogP contribution is 2.27. The number of hydrogen-bond donors (Lipinski definition) is 1. The van der Waals surface area contributed by atoms with E-state index in [1.165, 1.54) is 10.9 Å². The molecule has 2 aromatic heterocycles. The van der Waals surface area contributed by atoms with Crippen LogP contribution >= 0.6 is 27.3 Å². The predicted molar refractivity (Wildman–Crippen MR) is 66.0 cm³/mol. The molecule has 2 heterocycles. The van der Waals surface area contributed by atoms with Gasteiger partial charge >= 0.3 is 0 Å². The second-order valence-electron chi connectivity index (χ2n) is 3.00. The maximum atomic E-state index is 11.9. The van der Waals surface area contributed by atoms with Crippen LogP contribution in [-0.2, 0) is 17.1 Å². The SMILES string of the molecule is Cn1nccc1NS(=O)(=O)c1ccc(Br)s1. The molecule has 0 bridgehead atoms. The zero-order valence-electron chi connectivity index (χ0n) is 8.21. The Morgan fingerprint density at radius 1 is 1.44 bits per heavy atom. The first-order valence-electron chi connectivity index (χ1n) is 4.25. The second kappa shape index (κ2) is 4.19. The van der Waals surface area contributed by atoms with Crippen LogP contribution in [0.25, 0.3) is 0 Å². The molecule has 2 rings (SSSR count). The van der Waals surface area contributed by atoms with Gasteiger partial charge in [0.05, 0.1) is 9.98 Å². The van der Waals surface area contributed by atoms with Crippen molar-refractivity contribution in [1.82, 2.24) is 9.78 Å². The summed E-state index contributed by atoms with van der Waals surface area (Å²) in [6, 6.07) is 4.84. The molecule has 1 N–H and O–H groups in total. The van der Waals surface area contributed by atoms with Crippen LogP contribution in [0.3, 0.4) is 0 Å². The maximum absolute atomic E-state index is 11.9. The van der Waals surface area contributed by atoms with E-state index < -0.39 is 10.0 Å². The van der Waals surface area contributed by atoms with E-state index in [0.29, 0.717) is 5.82 Å². The summed E-state index contributed by atoms with van der Waals surface area (Å²) in [7, 11) is -1.84. The molecule has 8 heteroatoms. The lowest BCUT2D eigenvalue weighted by molar-refractivity contribution is 0.602. The summed E-state index contributed by atoms with van der Waals surface area (Å²) in [6.07, 6.45) is 1.53. The van der Waals surface area contributed by atoms with Crippen molar-refractivity contribution in [3.63, 3.8) is 0 Å². The molecule has 2 aromatic rings. The first-order valence-corrected chi connectivity index (χ1v) is 7.34. The molecule has 0 spiro atoms. The number of hydrogen-bond acceptors (Lipinski definition) is 4. The van der Waals surface area contributed by atoms with Crippen LogP contribution in [0, 0.1) is 0 Å². The minimum absolute atomic E-state index is 0.264. The van der Waals surface area contributed by atoms with Gasteiger partial charge in [-0.25, -0.2) is 8.42 Å². The van der Waals surface area contributed by atoms with Crippen molar-refractivity contribution < 1.29 is 8.42 Å². The molecular formula is C8H8BrN3O2S2. The molecule has 0 aliphatic carbocycles. The number of aryl methyl sites for hydroxylation is 1. The fraction of sp³-hybridized carbons (Fsp3) is 0.125. The van der Waals surface area contributed by atoms with Crippen molar-refractivity contribution >= 4 is 43.1 Å². The Bertz CT molecular complexity index is 602. The van der Waals surface area contributed by atoms with Crippen LogP contribution in [-0.4, -0.2) is 18.2 Å². The Morgan fingerprint density at radius 2 is 2.19 bits per heavy atom. The quantitative estimate of drug-likeness (QED) is 0.940. The number of thiophene rings is 1. The van der Waals surface area contributed by atoms with E-state index >= 15 is 0 Å². The summed E-state index contributed by atoms with van der Waals surface area (Å²) in [5, 5.41) is 3.88. The molecule has 0 saturated heterocycles. The molecule has 0 atom stereocenters. The number of nitrogens with zero attached hydrogens (tertiary/aromatic N) is 2. The summed E-state index contributed by atoms with van der Waals surface area (Å²) in [5.41, 5.74) is 0. The molecule has 0 fully saturated rings. The number of rotatable bonds is 3. The Labute approximate surface area is 105 Å². The Balaban J connectivity index is 2.31. The molecule has 0 amide bonds. The Hall–Kier alpha value is -0.860. The summed E-state index contributed by atoms with van der Waals surface area (Å²) in [4.78, 5) is 0. The van der Waals surface area contributed by atoms with E-state index in [1.807, 2.05) is 0 Å². The van der Waals surface area contributed by atoms with Gasteiger partial charge in [-0.3, -0.25) is 9.40 Å². The maximum Gasteiger partial charge on any atom is 0.272 e. The Morgan fingerprint density at radius 3 is 2.69 bits per heavy atom. The summed E-state index contributed by atoms with van der Waals surface area (Å²) in [6.45, 7) is 0. The highest BCUT2D eigenvalue weighted by atomic mass is 79.9. The van der Waals surface area contributed by atoms with Gasteiger partial charge in [0, 0.05) is 13.1 Å². The molecular weight excluding hydrogens is 314 g/mol. The van der Waals surface area contributed by atoms with E-state index in [2.05, 4.69) is 25.8 Å². The standard InChI is InChI=1S/C8H8BrN3O2S2/c1-12-7(4-5-10-12)11-16(13,14)8-3-2-6(9)15-8/h2-5,11H,1H3. The van der Waals surface area contributed by atoms with Crippen LogP contribution in [0.15, 0.2) is 32.4 Å². The number of aromatic nitrogens is 2. The van der Waals surface area contributed by atoms with Crippen molar-refractivity contribution in [3.8, 4) is 0 Å². The highest BCUT2D eigenvalue weighted by Gasteiger charge is 2.17. The molecule has 0 aromatic carbocycles. The smallest absolute Gasteiger partial charge is 0.263 e. The first kappa shape index (κ1) is 11.6. The minimum Gasteiger partial charge on any atom is -0.263 e. The van der Waals surface area contributed by atoms with Gasteiger partial charge < -0.3 is 0 Å². The lowest BCUT2D eigenvalue weighted by Gasteiger charge is -2.05. The third-order valence-corrected chi connectivity index (χ3v) is 5.34. The topological polar surface area (TPSA) is 64.0 Å². The van der Waals surface area contributed by atoms with Gasteiger partial charge in [-0.05, 0) is 28.1 Å². The largest absolute Gasteiger partial charge is 0.272 e. The van der Waals surface area contributed by atoms with E-state index in [-0.39, 0.29) is 4.21 Å². The summed E-state index contributed by atoms with van der Waals surface area (Å²) >= 11 is 4.38. The zero-order valence-corrected chi connectivity index (χ0v) is 11.4. The average Bonchev–Trinajstić information content (AvgIpc) is 2.77. The van der Waals surface area contributed by atoms with Crippen LogP contribution in [0.1, 0.15) is 0 Å². The fourth-order valence-corrected chi connectivity index (χ4v) is 4.20. The van der Waals surface area contributed by atoms with Gasteiger partial charge in [0.15, 0.2) is 0 Å². The Kier molecular flexibility index (Phi) is 3.04. The van der Waals surface area contributed by atoms with E-state index in [4.69, 9.17) is 0 Å². The molecule has 0 radical (unpaired) electrons. The first-order chi connectivity index (χ1) is 7.49. The van der Waals surface area contributed by atoms with Crippen LogP contribution in [0.2, 0.25) is 0 Å². The summed E-state index contributed by atoms with van der Waals surface area (Å²) < 4.78 is 28.8. The molecule has 0 saturated carbocycles. The fourth-order valence-electron chi connectivity index (χ4n) is 1.10. The van der Waals surface area contributed by atoms with Crippen molar-refractivity contribution in [2.45, 2.75) is 4.21 Å². The minimum atomic E-state index is -3.51. The van der Waals surface area contributed by atoms with Crippen molar-refractivity contribution in [2.75, 3.05) is 4.72 Å².